The Kier molecular flexibility index (Phi) is 6.84. The number of carbonyl (C=O) groups excluding carboxylic acids is 1. The number of nitrogens with one attached hydrogen (secondary N) is 1. The van der Waals surface area contributed by atoms with Gasteiger partial charge in [-0.05, 0) is 65.7 Å². The van der Waals surface area contributed by atoms with Crippen molar-refractivity contribution in [3.8, 4) is 11.5 Å². The molecule has 174 valence electrons. The van der Waals surface area contributed by atoms with Gasteiger partial charge in [0, 0.05) is 6.54 Å². The molecule has 0 fully saturated rings. The Morgan fingerprint density at radius 2 is 1.47 bits per heavy atom. The van der Waals surface area contributed by atoms with Crippen LogP contribution in [0, 0.1) is 0 Å². The lowest BCUT2D eigenvalue weighted by Gasteiger charge is -2.28. The van der Waals surface area contributed by atoms with Gasteiger partial charge in [-0.15, -0.1) is 0 Å². The molecule has 6 nitrogen and oxygen atoms in total. The number of hydrogen-bond acceptors (Lipinski definition) is 4. The number of benzene rings is 4. The van der Waals surface area contributed by atoms with E-state index >= 15 is 0 Å². The number of ether oxygens (including phenoxy) is 1. The van der Waals surface area contributed by atoms with Crippen LogP contribution in [0.4, 0.5) is 5.69 Å². The fourth-order valence-electron chi connectivity index (χ4n) is 3.78. The molecule has 0 bridgehead atoms. The van der Waals surface area contributed by atoms with E-state index in [0.29, 0.717) is 23.7 Å². The number of hydrogen-bond donors (Lipinski definition) is 1. The Labute approximate surface area is 199 Å². The monoisotopic (exact) mass is 474 g/mol. The van der Waals surface area contributed by atoms with Crippen LogP contribution >= 0.6 is 0 Å². The zero-order chi connectivity index (χ0) is 24.1. The molecule has 0 saturated carbocycles. The second kappa shape index (κ2) is 9.97. The molecule has 0 aliphatic heterocycles. The summed E-state index contributed by atoms with van der Waals surface area (Å²) in [6.45, 7) is 1.88. The minimum Gasteiger partial charge on any atom is -0.457 e. The van der Waals surface area contributed by atoms with Crippen LogP contribution in [0.1, 0.15) is 12.5 Å². The maximum Gasteiger partial charge on any atom is 0.243 e. The molecule has 4 aromatic rings. The SMILES string of the molecule is C[C@@H](C(=O)NCc1ccc2ccccc2c1)N(c1ccc(Oc2ccccc2)cc1)S(C)(=O)=O. The molecule has 0 radical (unpaired) electrons. The van der Waals surface area contributed by atoms with Gasteiger partial charge in [-0.25, -0.2) is 8.42 Å². The highest BCUT2D eigenvalue weighted by molar-refractivity contribution is 7.92. The number of amides is 1. The average Bonchev–Trinajstić information content (AvgIpc) is 2.83. The summed E-state index contributed by atoms with van der Waals surface area (Å²) < 4.78 is 32.1. The van der Waals surface area contributed by atoms with Crippen LogP contribution in [0.2, 0.25) is 0 Å². The first-order valence-electron chi connectivity index (χ1n) is 10.9. The molecule has 34 heavy (non-hydrogen) atoms. The third kappa shape index (κ3) is 5.55. The van der Waals surface area contributed by atoms with E-state index in [2.05, 4.69) is 5.32 Å². The molecule has 4 rings (SSSR count). The molecule has 1 amide bonds. The second-order valence-electron chi connectivity index (χ2n) is 8.04. The molecular weight excluding hydrogens is 448 g/mol. The first kappa shape index (κ1) is 23.3. The maximum absolute atomic E-state index is 12.9. The zero-order valence-corrected chi connectivity index (χ0v) is 19.8. The minimum atomic E-state index is -3.71. The van der Waals surface area contributed by atoms with Crippen molar-refractivity contribution in [2.24, 2.45) is 0 Å². The van der Waals surface area contributed by atoms with Crippen LogP contribution in [0.15, 0.2) is 97.1 Å². The van der Waals surface area contributed by atoms with Crippen molar-refractivity contribution < 1.29 is 17.9 Å². The Balaban J connectivity index is 1.47. The minimum absolute atomic E-state index is 0.301. The standard InChI is InChI=1S/C27H26N2O4S/c1-20(27(30)28-19-21-12-13-22-8-6-7-9-23(22)18-21)29(34(2,31)32)24-14-16-26(17-15-24)33-25-10-4-3-5-11-25/h3-18,20H,19H2,1-2H3,(H,28,30)/t20-/m0/s1. The van der Waals surface area contributed by atoms with Crippen molar-refractivity contribution in [2.45, 2.75) is 19.5 Å². The van der Waals surface area contributed by atoms with Crippen molar-refractivity contribution >= 4 is 32.4 Å². The Bertz CT molecular complexity index is 1390. The summed E-state index contributed by atoms with van der Waals surface area (Å²) in [6, 6.07) is 28.9. The molecule has 0 unspecified atom stereocenters. The van der Waals surface area contributed by atoms with Gasteiger partial charge in [0.2, 0.25) is 15.9 Å². The predicted octanol–water partition coefficient (Wildman–Crippen LogP) is 5.10. The molecule has 0 aliphatic rings. The van der Waals surface area contributed by atoms with Crippen LogP contribution in [0.3, 0.4) is 0 Å². The Morgan fingerprint density at radius 3 is 2.15 bits per heavy atom. The van der Waals surface area contributed by atoms with Crippen LogP contribution in [0.25, 0.3) is 10.8 Å². The molecule has 1 atom stereocenters. The summed E-state index contributed by atoms with van der Waals surface area (Å²) in [7, 11) is -3.71. The molecule has 1 N–H and O–H groups in total. The second-order valence-corrected chi connectivity index (χ2v) is 9.90. The highest BCUT2D eigenvalue weighted by Crippen LogP contribution is 2.27. The summed E-state index contributed by atoms with van der Waals surface area (Å²) in [6.07, 6.45) is 1.09. The van der Waals surface area contributed by atoms with Crippen LogP contribution < -0.4 is 14.4 Å². The summed E-state index contributed by atoms with van der Waals surface area (Å²) in [5, 5.41) is 5.06. The molecule has 0 aromatic heterocycles. The number of fused-ring (bicyclic) bond motifs is 1. The summed E-state index contributed by atoms with van der Waals surface area (Å²) in [4.78, 5) is 12.9. The lowest BCUT2D eigenvalue weighted by Crippen LogP contribution is -2.47. The molecular formula is C27H26N2O4S. The topological polar surface area (TPSA) is 75.7 Å². The molecule has 0 saturated heterocycles. The first-order valence-corrected chi connectivity index (χ1v) is 12.7. The summed E-state index contributed by atoms with van der Waals surface area (Å²) >= 11 is 0. The van der Waals surface area contributed by atoms with Gasteiger partial charge in [0.25, 0.3) is 0 Å². The van der Waals surface area contributed by atoms with Gasteiger partial charge in [-0.3, -0.25) is 9.10 Å². The van der Waals surface area contributed by atoms with E-state index in [-0.39, 0.29) is 5.91 Å². The van der Waals surface area contributed by atoms with Crippen LogP contribution in [0.5, 0.6) is 11.5 Å². The van der Waals surface area contributed by atoms with E-state index < -0.39 is 16.1 Å². The van der Waals surface area contributed by atoms with E-state index in [1.54, 1.807) is 31.2 Å². The van der Waals surface area contributed by atoms with Gasteiger partial charge in [0.1, 0.15) is 17.5 Å². The summed E-state index contributed by atoms with van der Waals surface area (Å²) in [5.41, 5.74) is 1.32. The fraction of sp³-hybridized carbons (Fsp3) is 0.148. The van der Waals surface area contributed by atoms with Crippen LogP contribution in [-0.4, -0.2) is 26.6 Å². The Hall–Kier alpha value is -3.84. The summed E-state index contributed by atoms with van der Waals surface area (Å²) in [5.74, 6) is 0.858. The highest BCUT2D eigenvalue weighted by Gasteiger charge is 2.29. The van der Waals surface area contributed by atoms with E-state index in [9.17, 15) is 13.2 Å². The van der Waals surface area contributed by atoms with Gasteiger partial charge < -0.3 is 10.1 Å². The van der Waals surface area contributed by atoms with Gasteiger partial charge in [0.15, 0.2) is 0 Å². The smallest absolute Gasteiger partial charge is 0.243 e. The van der Waals surface area contributed by atoms with E-state index in [1.807, 2.05) is 72.8 Å². The first-order chi connectivity index (χ1) is 16.3. The van der Waals surface area contributed by atoms with Gasteiger partial charge in [-0.1, -0.05) is 54.6 Å². The quantitative estimate of drug-likeness (QED) is 0.385. The number of anilines is 1. The zero-order valence-electron chi connectivity index (χ0n) is 19.0. The van der Waals surface area contributed by atoms with Crippen molar-refractivity contribution in [1.29, 1.82) is 0 Å². The molecule has 4 aromatic carbocycles. The molecule has 0 heterocycles. The third-order valence-electron chi connectivity index (χ3n) is 5.44. The molecule has 0 aliphatic carbocycles. The Morgan fingerprint density at radius 1 is 0.853 bits per heavy atom. The molecule has 0 spiro atoms. The third-order valence-corrected chi connectivity index (χ3v) is 6.68. The normalized spacial score (nSPS) is 12.2. The number of para-hydroxylation sites is 1. The lowest BCUT2D eigenvalue weighted by atomic mass is 10.1. The van der Waals surface area contributed by atoms with E-state index in [1.165, 1.54) is 0 Å². The molecule has 7 heteroatoms. The van der Waals surface area contributed by atoms with E-state index in [4.69, 9.17) is 4.74 Å². The van der Waals surface area contributed by atoms with Gasteiger partial charge >= 0.3 is 0 Å². The number of rotatable bonds is 8. The van der Waals surface area contributed by atoms with Gasteiger partial charge in [-0.2, -0.15) is 0 Å². The van der Waals surface area contributed by atoms with Crippen molar-refractivity contribution in [2.75, 3.05) is 10.6 Å². The van der Waals surface area contributed by atoms with Crippen LogP contribution in [-0.2, 0) is 21.4 Å². The highest BCUT2D eigenvalue weighted by atomic mass is 32.2. The maximum atomic E-state index is 12.9. The average molecular weight is 475 g/mol. The number of nitrogens with zero attached hydrogens (tertiary/aromatic N) is 1. The van der Waals surface area contributed by atoms with Crippen molar-refractivity contribution in [3.63, 3.8) is 0 Å². The fourth-order valence-corrected chi connectivity index (χ4v) is 4.95. The van der Waals surface area contributed by atoms with Crippen molar-refractivity contribution in [1.82, 2.24) is 5.32 Å². The van der Waals surface area contributed by atoms with Gasteiger partial charge in [0.05, 0.1) is 11.9 Å². The number of carbonyl (C=O) groups is 1. The van der Waals surface area contributed by atoms with Crippen molar-refractivity contribution in [3.05, 3.63) is 103 Å². The van der Waals surface area contributed by atoms with E-state index in [0.717, 1.165) is 26.9 Å². The lowest BCUT2D eigenvalue weighted by molar-refractivity contribution is -0.122. The largest absolute Gasteiger partial charge is 0.457 e. The number of sulfonamides is 1. The predicted molar refractivity (Wildman–Crippen MR) is 136 cm³/mol.